The summed E-state index contributed by atoms with van der Waals surface area (Å²) in [6, 6.07) is 4.79. The third-order valence-electron chi connectivity index (χ3n) is 3.16. The van der Waals surface area contributed by atoms with Crippen molar-refractivity contribution in [3.8, 4) is 5.75 Å². The first kappa shape index (κ1) is 12.5. The van der Waals surface area contributed by atoms with E-state index >= 15 is 0 Å². The Balaban J connectivity index is 1.98. The molecule has 0 aliphatic rings. The fourth-order valence-corrected chi connectivity index (χ4v) is 2.17. The summed E-state index contributed by atoms with van der Waals surface area (Å²) < 4.78 is 22.3. The van der Waals surface area contributed by atoms with Crippen LogP contribution in [0.2, 0.25) is 0 Å². The number of hydrogen-bond acceptors (Lipinski definition) is 4. The number of rotatable bonds is 4. The summed E-state index contributed by atoms with van der Waals surface area (Å²) in [5.74, 6) is 0.0780. The molecule has 0 aliphatic carbocycles. The Hall–Kier alpha value is -2.57. The molecular formula is C13H14FN5O. The molecule has 0 radical (unpaired) electrons. The summed E-state index contributed by atoms with van der Waals surface area (Å²) >= 11 is 0. The third-order valence-corrected chi connectivity index (χ3v) is 3.16. The van der Waals surface area contributed by atoms with E-state index in [1.54, 1.807) is 16.9 Å². The van der Waals surface area contributed by atoms with Gasteiger partial charge in [0, 0.05) is 31.1 Å². The number of hydrogen-bond donors (Lipinski definition) is 1. The topological polar surface area (TPSA) is 70.9 Å². The number of methoxy groups -OCH3 is 1. The minimum Gasteiger partial charge on any atom is -0.494 e. The van der Waals surface area contributed by atoms with Crippen LogP contribution in [0, 0.1) is 5.82 Å². The molecule has 0 amide bonds. The number of imidazole rings is 1. The van der Waals surface area contributed by atoms with Gasteiger partial charge < -0.3 is 15.0 Å². The van der Waals surface area contributed by atoms with Crippen molar-refractivity contribution in [3.05, 3.63) is 36.4 Å². The van der Waals surface area contributed by atoms with E-state index in [9.17, 15) is 4.39 Å². The molecule has 104 valence electrons. The van der Waals surface area contributed by atoms with Gasteiger partial charge in [0.15, 0.2) is 11.6 Å². The normalized spacial score (nSPS) is 11.1. The van der Waals surface area contributed by atoms with Gasteiger partial charge in [0.1, 0.15) is 0 Å². The SMILES string of the molecule is COc1cc2c(cc1F)nc(N)n2CCn1cccn1. The highest BCUT2D eigenvalue weighted by molar-refractivity contribution is 5.80. The first-order chi connectivity index (χ1) is 9.69. The average molecular weight is 275 g/mol. The number of nitrogens with two attached hydrogens (primary N) is 1. The maximum Gasteiger partial charge on any atom is 0.201 e. The van der Waals surface area contributed by atoms with Gasteiger partial charge in [-0.2, -0.15) is 5.10 Å². The minimum atomic E-state index is -0.447. The smallest absolute Gasteiger partial charge is 0.201 e. The van der Waals surface area contributed by atoms with Crippen molar-refractivity contribution >= 4 is 17.0 Å². The summed E-state index contributed by atoms with van der Waals surface area (Å²) in [6.07, 6.45) is 3.59. The lowest BCUT2D eigenvalue weighted by Gasteiger charge is -2.08. The zero-order valence-electron chi connectivity index (χ0n) is 11.0. The Kier molecular flexibility index (Phi) is 3.02. The summed E-state index contributed by atoms with van der Waals surface area (Å²) in [5.41, 5.74) is 7.15. The van der Waals surface area contributed by atoms with Crippen molar-refractivity contribution in [1.29, 1.82) is 0 Å². The fourth-order valence-electron chi connectivity index (χ4n) is 2.17. The van der Waals surface area contributed by atoms with Crippen LogP contribution in [0.5, 0.6) is 5.75 Å². The van der Waals surface area contributed by atoms with Gasteiger partial charge in [-0.1, -0.05) is 0 Å². The Morgan fingerprint density at radius 1 is 1.35 bits per heavy atom. The molecule has 0 fully saturated rings. The van der Waals surface area contributed by atoms with Crippen molar-refractivity contribution in [2.75, 3.05) is 12.8 Å². The molecule has 7 heteroatoms. The van der Waals surface area contributed by atoms with E-state index in [1.165, 1.54) is 13.2 Å². The van der Waals surface area contributed by atoms with Crippen molar-refractivity contribution in [3.63, 3.8) is 0 Å². The predicted octanol–water partition coefficient (Wildman–Crippen LogP) is 1.66. The number of halogens is 1. The number of nitrogen functional groups attached to an aromatic ring is 1. The number of aryl methyl sites for hydroxylation is 2. The average Bonchev–Trinajstić information content (AvgIpc) is 3.03. The molecule has 0 spiro atoms. The van der Waals surface area contributed by atoms with Gasteiger partial charge in [0.25, 0.3) is 0 Å². The zero-order chi connectivity index (χ0) is 14.1. The van der Waals surface area contributed by atoms with Gasteiger partial charge in [0.05, 0.1) is 24.7 Å². The van der Waals surface area contributed by atoms with E-state index in [2.05, 4.69) is 10.1 Å². The maximum atomic E-state index is 13.6. The van der Waals surface area contributed by atoms with Gasteiger partial charge >= 0.3 is 0 Å². The fraction of sp³-hybridized carbons (Fsp3) is 0.231. The van der Waals surface area contributed by atoms with E-state index in [0.717, 1.165) is 5.52 Å². The van der Waals surface area contributed by atoms with Crippen LogP contribution in [0.25, 0.3) is 11.0 Å². The number of benzene rings is 1. The molecule has 2 N–H and O–H groups in total. The van der Waals surface area contributed by atoms with Gasteiger partial charge in [0.2, 0.25) is 5.95 Å². The maximum absolute atomic E-state index is 13.6. The van der Waals surface area contributed by atoms with Crippen LogP contribution in [0.15, 0.2) is 30.6 Å². The van der Waals surface area contributed by atoms with Crippen molar-refractivity contribution < 1.29 is 9.13 Å². The lowest BCUT2D eigenvalue weighted by atomic mass is 10.3. The van der Waals surface area contributed by atoms with Crippen LogP contribution in [0.1, 0.15) is 0 Å². The Bertz CT molecular complexity index is 735. The van der Waals surface area contributed by atoms with E-state index in [-0.39, 0.29) is 5.75 Å². The zero-order valence-corrected chi connectivity index (χ0v) is 11.0. The van der Waals surface area contributed by atoms with Crippen LogP contribution in [0.3, 0.4) is 0 Å². The lowest BCUT2D eigenvalue weighted by Crippen LogP contribution is -2.10. The van der Waals surface area contributed by atoms with Crippen LogP contribution in [-0.4, -0.2) is 26.4 Å². The molecule has 6 nitrogen and oxygen atoms in total. The monoisotopic (exact) mass is 275 g/mol. The van der Waals surface area contributed by atoms with Crippen molar-refractivity contribution in [2.45, 2.75) is 13.1 Å². The van der Waals surface area contributed by atoms with Gasteiger partial charge in [-0.3, -0.25) is 4.68 Å². The second-order valence-corrected chi connectivity index (χ2v) is 4.37. The van der Waals surface area contributed by atoms with Gasteiger partial charge in [-0.05, 0) is 6.07 Å². The minimum absolute atomic E-state index is 0.178. The molecule has 0 atom stereocenters. The van der Waals surface area contributed by atoms with Gasteiger partial charge in [-0.15, -0.1) is 0 Å². The molecule has 0 bridgehead atoms. The molecular weight excluding hydrogens is 261 g/mol. The second-order valence-electron chi connectivity index (χ2n) is 4.37. The number of ether oxygens (including phenoxy) is 1. The van der Waals surface area contributed by atoms with E-state index in [4.69, 9.17) is 10.5 Å². The molecule has 0 unspecified atom stereocenters. The summed E-state index contributed by atoms with van der Waals surface area (Å²) in [5, 5.41) is 4.13. The summed E-state index contributed by atoms with van der Waals surface area (Å²) in [4.78, 5) is 4.16. The van der Waals surface area contributed by atoms with Gasteiger partial charge in [-0.25, -0.2) is 9.37 Å². The van der Waals surface area contributed by atoms with E-state index in [0.29, 0.717) is 24.6 Å². The Labute approximate surface area is 114 Å². The third kappa shape index (κ3) is 2.07. The Morgan fingerprint density at radius 2 is 2.20 bits per heavy atom. The number of nitrogens with zero attached hydrogens (tertiary/aromatic N) is 4. The molecule has 2 heterocycles. The molecule has 3 rings (SSSR count). The quantitative estimate of drug-likeness (QED) is 0.786. The van der Waals surface area contributed by atoms with Crippen LogP contribution in [0.4, 0.5) is 10.3 Å². The molecule has 3 aromatic rings. The highest BCUT2D eigenvalue weighted by Gasteiger charge is 2.13. The molecule has 0 aliphatic heterocycles. The number of aromatic nitrogens is 4. The first-order valence-electron chi connectivity index (χ1n) is 6.15. The van der Waals surface area contributed by atoms with Crippen molar-refractivity contribution in [2.24, 2.45) is 0 Å². The molecule has 20 heavy (non-hydrogen) atoms. The number of anilines is 1. The largest absolute Gasteiger partial charge is 0.494 e. The van der Waals surface area contributed by atoms with Crippen LogP contribution >= 0.6 is 0 Å². The lowest BCUT2D eigenvalue weighted by molar-refractivity contribution is 0.387. The first-order valence-corrected chi connectivity index (χ1v) is 6.15. The second kappa shape index (κ2) is 4.84. The molecule has 0 saturated carbocycles. The highest BCUT2D eigenvalue weighted by Crippen LogP contribution is 2.26. The number of fused-ring (bicyclic) bond motifs is 1. The van der Waals surface area contributed by atoms with E-state index < -0.39 is 5.82 Å². The molecule has 2 aromatic heterocycles. The summed E-state index contributed by atoms with van der Waals surface area (Å²) in [6.45, 7) is 1.25. The predicted molar refractivity (Wildman–Crippen MR) is 72.9 cm³/mol. The van der Waals surface area contributed by atoms with Crippen LogP contribution < -0.4 is 10.5 Å². The molecule has 1 aromatic carbocycles. The standard InChI is InChI=1S/C13H14FN5O/c1-20-12-8-11-10(7-9(12)14)17-13(15)19(11)6-5-18-4-2-3-16-18/h2-4,7-8H,5-6H2,1H3,(H2,15,17). The molecule has 0 saturated heterocycles. The van der Waals surface area contributed by atoms with Crippen LogP contribution in [-0.2, 0) is 13.1 Å². The Morgan fingerprint density at radius 3 is 2.90 bits per heavy atom. The summed E-state index contributed by atoms with van der Waals surface area (Å²) in [7, 11) is 1.43. The highest BCUT2D eigenvalue weighted by atomic mass is 19.1. The van der Waals surface area contributed by atoms with Crippen molar-refractivity contribution in [1.82, 2.24) is 19.3 Å². The van der Waals surface area contributed by atoms with E-state index in [1.807, 2.05) is 16.8 Å².